The van der Waals surface area contributed by atoms with Crippen LogP contribution in [0.15, 0.2) is 59.8 Å². The van der Waals surface area contributed by atoms with Crippen LogP contribution in [-0.2, 0) is 9.59 Å². The molecule has 2 aromatic carbocycles. The molecule has 0 saturated heterocycles. The fourth-order valence-electron chi connectivity index (χ4n) is 4.11. The van der Waals surface area contributed by atoms with E-state index in [1.807, 2.05) is 48.5 Å². The van der Waals surface area contributed by atoms with E-state index in [1.165, 1.54) is 0 Å². The zero-order valence-corrected chi connectivity index (χ0v) is 15.8. The molecule has 2 atom stereocenters. The number of hydrogen-bond acceptors (Lipinski definition) is 3. The van der Waals surface area contributed by atoms with Crippen LogP contribution in [-0.4, -0.2) is 18.8 Å². The predicted molar refractivity (Wildman–Crippen MR) is 104 cm³/mol. The van der Waals surface area contributed by atoms with Crippen molar-refractivity contribution in [2.24, 2.45) is 0 Å². The highest BCUT2D eigenvalue weighted by Gasteiger charge is 2.38. The molecule has 0 fully saturated rings. The molecule has 1 N–H and O–H groups in total. The Hall–Kier alpha value is -2.59. The van der Waals surface area contributed by atoms with Crippen LogP contribution < -0.4 is 10.1 Å². The molecule has 0 spiro atoms. The maximum absolute atomic E-state index is 13.1. The number of nitrogens with one attached hydrogen (secondary N) is 1. The zero-order valence-electron chi connectivity index (χ0n) is 15.0. The Morgan fingerprint density at radius 3 is 2.44 bits per heavy atom. The number of halogens is 1. The minimum Gasteiger partial charge on any atom is -0.497 e. The third kappa shape index (κ3) is 3.37. The second-order valence-corrected chi connectivity index (χ2v) is 7.43. The van der Waals surface area contributed by atoms with Crippen LogP contribution in [0.2, 0.25) is 5.02 Å². The van der Waals surface area contributed by atoms with E-state index in [0.717, 1.165) is 28.1 Å². The predicted octanol–water partition coefficient (Wildman–Crippen LogP) is 4.35. The van der Waals surface area contributed by atoms with Gasteiger partial charge in [-0.05, 0) is 41.7 Å². The molecule has 1 amide bonds. The van der Waals surface area contributed by atoms with E-state index in [1.54, 1.807) is 7.11 Å². The summed E-state index contributed by atoms with van der Waals surface area (Å²) in [5, 5.41) is 3.60. The molecule has 1 aliphatic heterocycles. The monoisotopic (exact) mass is 381 g/mol. The van der Waals surface area contributed by atoms with Crippen molar-refractivity contribution in [3.63, 3.8) is 0 Å². The van der Waals surface area contributed by atoms with Crippen molar-refractivity contribution in [3.05, 3.63) is 76.0 Å². The van der Waals surface area contributed by atoms with Gasteiger partial charge in [-0.15, -0.1) is 0 Å². The van der Waals surface area contributed by atoms with Gasteiger partial charge in [0, 0.05) is 35.1 Å². The summed E-state index contributed by atoms with van der Waals surface area (Å²) in [6, 6.07) is 15.2. The number of benzene rings is 2. The summed E-state index contributed by atoms with van der Waals surface area (Å²) in [7, 11) is 1.61. The molecule has 2 aromatic rings. The maximum atomic E-state index is 13.1. The lowest BCUT2D eigenvalue weighted by Gasteiger charge is -2.34. The number of amides is 1. The fourth-order valence-corrected chi connectivity index (χ4v) is 4.40. The van der Waals surface area contributed by atoms with Gasteiger partial charge in [0.25, 0.3) is 0 Å². The first-order chi connectivity index (χ1) is 13.1. The van der Waals surface area contributed by atoms with Gasteiger partial charge in [-0.25, -0.2) is 0 Å². The van der Waals surface area contributed by atoms with E-state index in [2.05, 4.69) is 5.32 Å². The molecule has 0 bridgehead atoms. The number of hydrogen-bond donors (Lipinski definition) is 1. The quantitative estimate of drug-likeness (QED) is 0.859. The molecule has 0 saturated carbocycles. The summed E-state index contributed by atoms with van der Waals surface area (Å²) in [6.45, 7) is 0. The van der Waals surface area contributed by atoms with E-state index >= 15 is 0 Å². The third-order valence-electron chi connectivity index (χ3n) is 5.40. The van der Waals surface area contributed by atoms with Crippen LogP contribution in [0.3, 0.4) is 0 Å². The largest absolute Gasteiger partial charge is 0.497 e. The van der Waals surface area contributed by atoms with Gasteiger partial charge in [0.2, 0.25) is 5.91 Å². The third-order valence-corrected chi connectivity index (χ3v) is 5.74. The topological polar surface area (TPSA) is 55.4 Å². The molecule has 4 rings (SSSR count). The Bertz CT molecular complexity index is 933. The molecule has 0 aromatic heterocycles. The lowest BCUT2D eigenvalue weighted by atomic mass is 9.73. The number of Topliss-reactive ketones (excluding diaryl/α,β-unsaturated/α-hetero) is 1. The lowest BCUT2D eigenvalue weighted by Crippen LogP contribution is -2.38. The first-order valence-electron chi connectivity index (χ1n) is 9.01. The standard InChI is InChI=1S/C22H20ClNO3/c1-27-15-8-6-13(7-9-15)17-12-21(26)24-19-10-14(11-20(25)22(17)19)16-4-2-3-5-18(16)23/h2-9,14,17H,10-12H2,1H3,(H,24,26)/t14-,17+/m1/s1. The Labute approximate surface area is 163 Å². The van der Waals surface area contributed by atoms with Crippen molar-refractivity contribution in [3.8, 4) is 5.75 Å². The number of rotatable bonds is 3. The Kier molecular flexibility index (Phi) is 4.75. The highest BCUT2D eigenvalue weighted by atomic mass is 35.5. The van der Waals surface area contributed by atoms with Gasteiger partial charge >= 0.3 is 0 Å². The minimum absolute atomic E-state index is 0.0140. The van der Waals surface area contributed by atoms with Crippen LogP contribution in [0.1, 0.15) is 42.2 Å². The first kappa shape index (κ1) is 17.8. The van der Waals surface area contributed by atoms with Crippen LogP contribution in [0.25, 0.3) is 0 Å². The van der Waals surface area contributed by atoms with E-state index in [4.69, 9.17) is 16.3 Å². The van der Waals surface area contributed by atoms with Gasteiger partial charge in [-0.1, -0.05) is 41.9 Å². The van der Waals surface area contributed by atoms with E-state index in [9.17, 15) is 9.59 Å². The molecule has 4 nitrogen and oxygen atoms in total. The second-order valence-electron chi connectivity index (χ2n) is 7.02. The van der Waals surface area contributed by atoms with Crippen molar-refractivity contribution < 1.29 is 14.3 Å². The van der Waals surface area contributed by atoms with Gasteiger partial charge in [-0.2, -0.15) is 0 Å². The molecule has 0 unspecified atom stereocenters. The number of carbonyl (C=O) groups excluding carboxylic acids is 2. The van der Waals surface area contributed by atoms with Gasteiger partial charge in [0.1, 0.15) is 5.75 Å². The van der Waals surface area contributed by atoms with Crippen LogP contribution in [0, 0.1) is 0 Å². The van der Waals surface area contributed by atoms with Gasteiger partial charge in [-0.3, -0.25) is 9.59 Å². The number of methoxy groups -OCH3 is 1. The molecule has 138 valence electrons. The van der Waals surface area contributed by atoms with E-state index < -0.39 is 0 Å². The summed E-state index contributed by atoms with van der Waals surface area (Å²) < 4.78 is 5.21. The molecule has 1 aliphatic carbocycles. The fraction of sp³-hybridized carbons (Fsp3) is 0.273. The summed E-state index contributed by atoms with van der Waals surface area (Å²) in [5.74, 6) is 0.561. The van der Waals surface area contributed by atoms with Crippen LogP contribution >= 0.6 is 11.6 Å². The summed E-state index contributed by atoms with van der Waals surface area (Å²) >= 11 is 6.34. The summed E-state index contributed by atoms with van der Waals surface area (Å²) in [5.41, 5.74) is 3.40. The summed E-state index contributed by atoms with van der Waals surface area (Å²) in [6.07, 6.45) is 1.31. The summed E-state index contributed by atoms with van der Waals surface area (Å²) in [4.78, 5) is 25.4. The molecule has 5 heteroatoms. The Morgan fingerprint density at radius 2 is 1.74 bits per heavy atom. The second kappa shape index (κ2) is 7.20. The highest BCUT2D eigenvalue weighted by molar-refractivity contribution is 6.31. The maximum Gasteiger partial charge on any atom is 0.225 e. The molecule has 1 heterocycles. The molecule has 2 aliphatic rings. The van der Waals surface area contributed by atoms with Crippen molar-refractivity contribution in [2.75, 3.05) is 7.11 Å². The van der Waals surface area contributed by atoms with Gasteiger partial charge in [0.15, 0.2) is 5.78 Å². The van der Waals surface area contributed by atoms with Gasteiger partial charge in [0.05, 0.1) is 7.11 Å². The highest BCUT2D eigenvalue weighted by Crippen LogP contribution is 2.43. The average molecular weight is 382 g/mol. The van der Waals surface area contributed by atoms with Crippen molar-refractivity contribution >= 4 is 23.3 Å². The SMILES string of the molecule is COc1ccc([C@@H]2CC(=O)NC3=C2C(=O)C[C@H](c2ccccc2Cl)C3)cc1. The lowest BCUT2D eigenvalue weighted by molar-refractivity contribution is -0.122. The number of ether oxygens (including phenoxy) is 1. The normalized spacial score (nSPS) is 22.3. The zero-order chi connectivity index (χ0) is 19.0. The van der Waals surface area contributed by atoms with Crippen molar-refractivity contribution in [2.45, 2.75) is 31.1 Å². The molecule has 27 heavy (non-hydrogen) atoms. The minimum atomic E-state index is -0.209. The van der Waals surface area contributed by atoms with E-state index in [0.29, 0.717) is 17.9 Å². The molecular weight excluding hydrogens is 362 g/mol. The number of ketones is 1. The van der Waals surface area contributed by atoms with Crippen molar-refractivity contribution in [1.82, 2.24) is 5.32 Å². The molecular formula is C22H20ClNO3. The molecule has 0 radical (unpaired) electrons. The van der Waals surface area contributed by atoms with Gasteiger partial charge < -0.3 is 10.1 Å². The number of allylic oxidation sites excluding steroid dienone is 2. The van der Waals surface area contributed by atoms with E-state index in [-0.39, 0.29) is 29.9 Å². The Balaban J connectivity index is 1.70. The van der Waals surface area contributed by atoms with Crippen LogP contribution in [0.5, 0.6) is 5.75 Å². The Morgan fingerprint density at radius 1 is 1.00 bits per heavy atom. The van der Waals surface area contributed by atoms with Crippen molar-refractivity contribution in [1.29, 1.82) is 0 Å². The first-order valence-corrected chi connectivity index (χ1v) is 9.39. The average Bonchev–Trinajstić information content (AvgIpc) is 2.67. The van der Waals surface area contributed by atoms with Crippen LogP contribution in [0.4, 0.5) is 0 Å². The number of carbonyl (C=O) groups is 2. The smallest absolute Gasteiger partial charge is 0.225 e.